The van der Waals surface area contributed by atoms with Gasteiger partial charge in [-0.05, 0) is 38.5 Å². The second-order valence-electron chi connectivity index (χ2n) is 6.37. The number of likely N-dealkylation sites (tertiary alicyclic amines) is 1. The van der Waals surface area contributed by atoms with E-state index in [0.717, 1.165) is 57.9 Å². The molecule has 1 aliphatic carbocycles. The number of aliphatic carboxylic acids is 1. The van der Waals surface area contributed by atoms with E-state index in [2.05, 4.69) is 6.92 Å². The number of carboxylic acids is 1. The van der Waals surface area contributed by atoms with Crippen LogP contribution < -0.4 is 0 Å². The molecule has 1 heterocycles. The Morgan fingerprint density at radius 1 is 1.14 bits per heavy atom. The predicted octanol–water partition coefficient (Wildman–Crippen LogP) is 3.09. The van der Waals surface area contributed by atoms with Crippen LogP contribution in [-0.2, 0) is 4.79 Å². The quantitative estimate of drug-likeness (QED) is 0.848. The van der Waals surface area contributed by atoms with Crippen LogP contribution in [0.15, 0.2) is 0 Å². The number of piperidine rings is 1. The topological polar surface area (TPSA) is 60.9 Å². The summed E-state index contributed by atoms with van der Waals surface area (Å²) in [6.45, 7) is 2.77. The molecular weight excluding hydrogens is 268 g/mol. The monoisotopic (exact) mass is 296 g/mol. The summed E-state index contributed by atoms with van der Waals surface area (Å²) in [5, 5.41) is 9.15. The lowest BCUT2D eigenvalue weighted by atomic mass is 9.98. The Kier molecular flexibility index (Phi) is 5.88. The van der Waals surface area contributed by atoms with Crippen LogP contribution in [0, 0.1) is 0 Å². The first-order valence-corrected chi connectivity index (χ1v) is 8.42. The summed E-state index contributed by atoms with van der Waals surface area (Å²) in [5.74, 6) is -0.903. The van der Waals surface area contributed by atoms with Crippen LogP contribution in [-0.4, -0.2) is 52.1 Å². The average molecular weight is 296 g/mol. The summed E-state index contributed by atoms with van der Waals surface area (Å²) >= 11 is 0. The van der Waals surface area contributed by atoms with Crippen molar-refractivity contribution < 1.29 is 14.7 Å². The maximum Gasteiger partial charge on any atom is 0.323 e. The van der Waals surface area contributed by atoms with Crippen LogP contribution in [0.2, 0.25) is 0 Å². The number of hydrogen-bond donors (Lipinski definition) is 1. The van der Waals surface area contributed by atoms with Gasteiger partial charge in [0.05, 0.1) is 0 Å². The molecular formula is C16H28N2O3. The lowest BCUT2D eigenvalue weighted by molar-refractivity contribution is -0.138. The van der Waals surface area contributed by atoms with Crippen LogP contribution in [0.1, 0.15) is 64.7 Å². The van der Waals surface area contributed by atoms with Crippen LogP contribution in [0.25, 0.3) is 0 Å². The lowest BCUT2D eigenvalue weighted by Gasteiger charge is -2.40. The van der Waals surface area contributed by atoms with Crippen molar-refractivity contribution in [2.24, 2.45) is 0 Å². The summed E-state index contributed by atoms with van der Waals surface area (Å²) in [6.07, 6.45) is 9.48. The molecule has 1 N–H and O–H groups in total. The summed E-state index contributed by atoms with van der Waals surface area (Å²) in [4.78, 5) is 27.6. The Balaban J connectivity index is 2.09. The minimum atomic E-state index is -0.903. The van der Waals surface area contributed by atoms with E-state index in [9.17, 15) is 9.59 Å². The summed E-state index contributed by atoms with van der Waals surface area (Å²) in [7, 11) is 0. The molecule has 1 saturated carbocycles. The molecule has 1 aliphatic heterocycles. The minimum absolute atomic E-state index is 0.0394. The van der Waals surface area contributed by atoms with Crippen molar-refractivity contribution in [3.63, 3.8) is 0 Å². The van der Waals surface area contributed by atoms with E-state index in [-0.39, 0.29) is 18.6 Å². The molecule has 1 unspecified atom stereocenters. The van der Waals surface area contributed by atoms with Crippen molar-refractivity contribution in [2.75, 3.05) is 13.1 Å². The SMILES string of the molecule is CCCC1CCCCN1C(=O)N(CC(=O)O)C1CCCC1. The molecule has 0 aromatic heterocycles. The van der Waals surface area contributed by atoms with Crippen molar-refractivity contribution in [1.82, 2.24) is 9.80 Å². The Labute approximate surface area is 127 Å². The van der Waals surface area contributed by atoms with Gasteiger partial charge >= 0.3 is 12.0 Å². The molecule has 2 rings (SSSR count). The van der Waals surface area contributed by atoms with Crippen molar-refractivity contribution in [3.05, 3.63) is 0 Å². The maximum atomic E-state index is 12.9. The summed E-state index contributed by atoms with van der Waals surface area (Å²) in [6, 6.07) is 0.384. The molecule has 2 fully saturated rings. The van der Waals surface area contributed by atoms with Crippen LogP contribution >= 0.6 is 0 Å². The lowest BCUT2D eigenvalue weighted by Crippen LogP contribution is -2.54. The number of carboxylic acid groups (broad SMARTS) is 1. The Morgan fingerprint density at radius 3 is 2.43 bits per heavy atom. The molecule has 21 heavy (non-hydrogen) atoms. The highest BCUT2D eigenvalue weighted by molar-refractivity contribution is 5.80. The Morgan fingerprint density at radius 2 is 1.81 bits per heavy atom. The van der Waals surface area contributed by atoms with Gasteiger partial charge in [0.25, 0.3) is 0 Å². The molecule has 0 radical (unpaired) electrons. The smallest absolute Gasteiger partial charge is 0.323 e. The highest BCUT2D eigenvalue weighted by atomic mass is 16.4. The molecule has 0 aromatic carbocycles. The molecule has 1 saturated heterocycles. The van der Waals surface area contributed by atoms with Gasteiger partial charge in [-0.25, -0.2) is 4.79 Å². The van der Waals surface area contributed by atoms with E-state index in [1.165, 1.54) is 6.42 Å². The second-order valence-corrected chi connectivity index (χ2v) is 6.37. The highest BCUT2D eigenvalue weighted by Crippen LogP contribution is 2.27. The van der Waals surface area contributed by atoms with Gasteiger partial charge in [-0.1, -0.05) is 26.2 Å². The highest BCUT2D eigenvalue weighted by Gasteiger charge is 2.34. The third kappa shape index (κ3) is 4.11. The number of nitrogens with zero attached hydrogens (tertiary/aromatic N) is 2. The second kappa shape index (κ2) is 7.66. The van der Waals surface area contributed by atoms with Gasteiger partial charge in [0, 0.05) is 18.6 Å². The van der Waals surface area contributed by atoms with Gasteiger partial charge < -0.3 is 14.9 Å². The third-order valence-corrected chi connectivity index (χ3v) is 4.81. The van der Waals surface area contributed by atoms with Crippen LogP contribution in [0.3, 0.4) is 0 Å². The first kappa shape index (κ1) is 16.1. The van der Waals surface area contributed by atoms with Crippen molar-refractivity contribution in [2.45, 2.75) is 76.8 Å². The number of hydrogen-bond acceptors (Lipinski definition) is 2. The first-order valence-electron chi connectivity index (χ1n) is 8.42. The van der Waals surface area contributed by atoms with E-state index >= 15 is 0 Å². The molecule has 2 amide bonds. The van der Waals surface area contributed by atoms with E-state index in [0.29, 0.717) is 6.04 Å². The molecule has 1 atom stereocenters. The minimum Gasteiger partial charge on any atom is -0.480 e. The van der Waals surface area contributed by atoms with E-state index in [4.69, 9.17) is 5.11 Å². The fourth-order valence-corrected chi connectivity index (χ4v) is 3.77. The molecule has 0 bridgehead atoms. The zero-order valence-electron chi connectivity index (χ0n) is 13.1. The van der Waals surface area contributed by atoms with Crippen LogP contribution in [0.4, 0.5) is 4.79 Å². The Hall–Kier alpha value is -1.26. The van der Waals surface area contributed by atoms with Gasteiger partial charge in [0.15, 0.2) is 0 Å². The number of carbonyl (C=O) groups excluding carboxylic acids is 1. The van der Waals surface area contributed by atoms with Gasteiger partial charge in [-0.15, -0.1) is 0 Å². The standard InChI is InChI=1S/C16H28N2O3/c1-2-7-13-10-5-6-11-17(13)16(21)18(12-15(19)20)14-8-3-4-9-14/h13-14H,2-12H2,1H3,(H,19,20). The molecule has 0 spiro atoms. The fraction of sp³-hybridized carbons (Fsp3) is 0.875. The normalized spacial score (nSPS) is 23.3. The number of carbonyl (C=O) groups is 2. The fourth-order valence-electron chi connectivity index (χ4n) is 3.77. The average Bonchev–Trinajstić information content (AvgIpc) is 2.99. The molecule has 2 aliphatic rings. The van der Waals surface area contributed by atoms with Gasteiger partial charge in [0.1, 0.15) is 6.54 Å². The maximum absolute atomic E-state index is 12.9. The summed E-state index contributed by atoms with van der Waals surface area (Å²) in [5.41, 5.74) is 0. The van der Waals surface area contributed by atoms with Gasteiger partial charge in [-0.2, -0.15) is 0 Å². The van der Waals surface area contributed by atoms with Crippen LogP contribution in [0.5, 0.6) is 0 Å². The van der Waals surface area contributed by atoms with E-state index in [1.54, 1.807) is 4.90 Å². The van der Waals surface area contributed by atoms with E-state index < -0.39 is 5.97 Å². The molecule has 120 valence electrons. The van der Waals surface area contributed by atoms with Crippen molar-refractivity contribution >= 4 is 12.0 Å². The van der Waals surface area contributed by atoms with E-state index in [1.807, 2.05) is 4.90 Å². The van der Waals surface area contributed by atoms with Gasteiger partial charge in [0.2, 0.25) is 0 Å². The molecule has 5 heteroatoms. The number of rotatable bonds is 5. The third-order valence-electron chi connectivity index (χ3n) is 4.81. The first-order chi connectivity index (χ1) is 10.1. The largest absolute Gasteiger partial charge is 0.480 e. The van der Waals surface area contributed by atoms with Gasteiger partial charge in [-0.3, -0.25) is 4.79 Å². The summed E-state index contributed by atoms with van der Waals surface area (Å²) < 4.78 is 0. The number of urea groups is 1. The molecule has 5 nitrogen and oxygen atoms in total. The van der Waals surface area contributed by atoms with Crippen molar-refractivity contribution in [1.29, 1.82) is 0 Å². The predicted molar refractivity (Wildman–Crippen MR) is 81.2 cm³/mol. The zero-order valence-corrected chi connectivity index (χ0v) is 13.1. The Bertz CT molecular complexity index is 365. The number of amides is 2. The molecule has 0 aromatic rings. The van der Waals surface area contributed by atoms with Crippen molar-refractivity contribution in [3.8, 4) is 0 Å². The zero-order chi connectivity index (χ0) is 15.2.